The summed E-state index contributed by atoms with van der Waals surface area (Å²) < 4.78 is 47.0. The molecule has 1 amide bonds. The van der Waals surface area contributed by atoms with E-state index in [2.05, 4.69) is 10.6 Å². The van der Waals surface area contributed by atoms with Gasteiger partial charge < -0.3 is 20.1 Å². The highest BCUT2D eigenvalue weighted by Gasteiger charge is 2.29. The van der Waals surface area contributed by atoms with E-state index >= 15 is 0 Å². The van der Waals surface area contributed by atoms with Crippen molar-refractivity contribution in [1.29, 1.82) is 0 Å². The molecule has 1 aliphatic carbocycles. The maximum Gasteiger partial charge on any atom is 0.422 e. The molecule has 0 unspecified atom stereocenters. The standard InChI is InChI=1S/C22H25F3N2O3/c1-29-20-11-16(8-9-19(20)30-14-22(23,24)25)13-26-12-15-4-2-7-18(10-15)27-21(28)17-5-3-6-17/h2,4,7-11,17,26H,3,5-6,12-14H2,1H3,(H,27,28). The number of benzene rings is 2. The average molecular weight is 422 g/mol. The van der Waals surface area contributed by atoms with E-state index in [1.165, 1.54) is 13.2 Å². The molecule has 5 nitrogen and oxygen atoms in total. The zero-order chi connectivity index (χ0) is 21.6. The molecule has 2 aromatic carbocycles. The molecule has 0 radical (unpaired) electrons. The van der Waals surface area contributed by atoms with Gasteiger partial charge >= 0.3 is 6.18 Å². The summed E-state index contributed by atoms with van der Waals surface area (Å²) in [5.74, 6) is 0.504. The molecule has 0 atom stereocenters. The number of anilines is 1. The van der Waals surface area contributed by atoms with Crippen LogP contribution in [0, 0.1) is 5.92 Å². The fraction of sp³-hybridized carbons (Fsp3) is 0.409. The number of methoxy groups -OCH3 is 1. The second-order valence-electron chi connectivity index (χ2n) is 7.31. The summed E-state index contributed by atoms with van der Waals surface area (Å²) in [5.41, 5.74) is 2.64. The van der Waals surface area contributed by atoms with Gasteiger partial charge in [0.15, 0.2) is 18.1 Å². The van der Waals surface area contributed by atoms with Crippen LogP contribution in [0.15, 0.2) is 42.5 Å². The topological polar surface area (TPSA) is 59.6 Å². The lowest BCUT2D eigenvalue weighted by molar-refractivity contribution is -0.153. The van der Waals surface area contributed by atoms with Gasteiger partial charge in [0.1, 0.15) is 0 Å². The highest BCUT2D eigenvalue weighted by atomic mass is 19.4. The Balaban J connectivity index is 1.52. The summed E-state index contributed by atoms with van der Waals surface area (Å²) in [5, 5.41) is 6.24. The third-order valence-electron chi connectivity index (χ3n) is 4.95. The first kappa shape index (κ1) is 22.0. The summed E-state index contributed by atoms with van der Waals surface area (Å²) in [6, 6.07) is 12.5. The molecule has 0 heterocycles. The van der Waals surface area contributed by atoms with Gasteiger partial charge in [-0.3, -0.25) is 4.79 Å². The van der Waals surface area contributed by atoms with Crippen LogP contribution in [0.1, 0.15) is 30.4 Å². The van der Waals surface area contributed by atoms with Gasteiger partial charge in [0.05, 0.1) is 7.11 Å². The van der Waals surface area contributed by atoms with Crippen molar-refractivity contribution in [3.8, 4) is 11.5 Å². The molecular weight excluding hydrogens is 397 g/mol. The fourth-order valence-electron chi connectivity index (χ4n) is 3.13. The molecule has 162 valence electrons. The molecule has 30 heavy (non-hydrogen) atoms. The molecule has 0 aliphatic heterocycles. The van der Waals surface area contributed by atoms with E-state index in [9.17, 15) is 18.0 Å². The third-order valence-corrected chi connectivity index (χ3v) is 4.95. The van der Waals surface area contributed by atoms with Crippen molar-refractivity contribution in [1.82, 2.24) is 5.32 Å². The first-order chi connectivity index (χ1) is 14.3. The van der Waals surface area contributed by atoms with Gasteiger partial charge in [0.25, 0.3) is 0 Å². The number of nitrogens with one attached hydrogen (secondary N) is 2. The number of halogens is 3. The van der Waals surface area contributed by atoms with Crippen LogP contribution >= 0.6 is 0 Å². The van der Waals surface area contributed by atoms with Crippen molar-refractivity contribution >= 4 is 11.6 Å². The van der Waals surface area contributed by atoms with Crippen molar-refractivity contribution in [3.63, 3.8) is 0 Å². The molecule has 1 aliphatic rings. The maximum absolute atomic E-state index is 12.3. The van der Waals surface area contributed by atoms with Crippen LogP contribution in [0.2, 0.25) is 0 Å². The zero-order valence-corrected chi connectivity index (χ0v) is 16.7. The van der Waals surface area contributed by atoms with Crippen molar-refractivity contribution in [2.45, 2.75) is 38.5 Å². The van der Waals surface area contributed by atoms with Gasteiger partial charge in [-0.05, 0) is 48.2 Å². The van der Waals surface area contributed by atoms with Gasteiger partial charge in [-0.2, -0.15) is 13.2 Å². The predicted molar refractivity (Wildman–Crippen MR) is 108 cm³/mol. The highest BCUT2D eigenvalue weighted by Crippen LogP contribution is 2.30. The average Bonchev–Trinajstić information content (AvgIpc) is 2.65. The Labute approximate surface area is 173 Å². The summed E-state index contributed by atoms with van der Waals surface area (Å²) in [7, 11) is 1.39. The fourth-order valence-corrected chi connectivity index (χ4v) is 3.13. The van der Waals surface area contributed by atoms with E-state index in [-0.39, 0.29) is 23.3 Å². The van der Waals surface area contributed by atoms with Crippen LogP contribution in [0.25, 0.3) is 0 Å². The molecule has 8 heteroatoms. The van der Waals surface area contributed by atoms with E-state index in [4.69, 9.17) is 9.47 Å². The van der Waals surface area contributed by atoms with Crippen LogP contribution in [0.5, 0.6) is 11.5 Å². The summed E-state index contributed by atoms with van der Waals surface area (Å²) in [4.78, 5) is 12.1. The minimum absolute atomic E-state index is 0.0495. The van der Waals surface area contributed by atoms with E-state index in [0.29, 0.717) is 13.1 Å². The van der Waals surface area contributed by atoms with Crippen LogP contribution in [0.4, 0.5) is 18.9 Å². The minimum atomic E-state index is -4.41. The molecule has 2 N–H and O–H groups in total. The van der Waals surface area contributed by atoms with Crippen molar-refractivity contribution < 1.29 is 27.4 Å². The van der Waals surface area contributed by atoms with Gasteiger partial charge in [0.2, 0.25) is 5.91 Å². The number of ether oxygens (including phenoxy) is 2. The van der Waals surface area contributed by atoms with Crippen LogP contribution in [-0.2, 0) is 17.9 Å². The Kier molecular flexibility index (Phi) is 7.20. The molecular formula is C22H25F3N2O3. The number of hydrogen-bond acceptors (Lipinski definition) is 4. The summed E-state index contributed by atoms with van der Waals surface area (Å²) in [6.07, 6.45) is -1.38. The largest absolute Gasteiger partial charge is 0.493 e. The van der Waals surface area contributed by atoms with E-state index in [1.54, 1.807) is 12.1 Å². The minimum Gasteiger partial charge on any atom is -0.493 e. The maximum atomic E-state index is 12.3. The molecule has 0 spiro atoms. The van der Waals surface area contributed by atoms with Gasteiger partial charge in [-0.15, -0.1) is 0 Å². The molecule has 1 saturated carbocycles. The van der Waals surface area contributed by atoms with E-state index < -0.39 is 12.8 Å². The number of alkyl halides is 3. The molecule has 1 fully saturated rings. The number of amides is 1. The third kappa shape index (κ3) is 6.38. The number of rotatable bonds is 9. The van der Waals surface area contributed by atoms with Crippen LogP contribution in [0.3, 0.4) is 0 Å². The van der Waals surface area contributed by atoms with E-state index in [1.807, 2.05) is 24.3 Å². The smallest absolute Gasteiger partial charge is 0.422 e. The Morgan fingerprint density at radius 1 is 1.07 bits per heavy atom. The predicted octanol–water partition coefficient (Wildman–Crippen LogP) is 4.66. The highest BCUT2D eigenvalue weighted by molar-refractivity contribution is 5.93. The molecule has 0 aromatic heterocycles. The normalized spacial score (nSPS) is 14.1. The Morgan fingerprint density at radius 3 is 2.43 bits per heavy atom. The van der Waals surface area contributed by atoms with Crippen LogP contribution < -0.4 is 20.1 Å². The monoisotopic (exact) mass is 422 g/mol. The zero-order valence-electron chi connectivity index (χ0n) is 16.7. The van der Waals surface area contributed by atoms with Gasteiger partial charge in [0, 0.05) is 24.7 Å². The Bertz CT molecular complexity index is 867. The molecule has 0 bridgehead atoms. The quantitative estimate of drug-likeness (QED) is 0.617. The Morgan fingerprint density at radius 2 is 1.80 bits per heavy atom. The Hall–Kier alpha value is -2.74. The second kappa shape index (κ2) is 9.84. The van der Waals surface area contributed by atoms with Gasteiger partial charge in [-0.25, -0.2) is 0 Å². The first-order valence-corrected chi connectivity index (χ1v) is 9.81. The molecule has 0 saturated heterocycles. The first-order valence-electron chi connectivity index (χ1n) is 9.81. The summed E-state index contributed by atoms with van der Waals surface area (Å²) in [6.45, 7) is -0.301. The number of carbonyl (C=O) groups excluding carboxylic acids is 1. The lowest BCUT2D eigenvalue weighted by atomic mass is 9.85. The van der Waals surface area contributed by atoms with Crippen LogP contribution in [-0.4, -0.2) is 25.8 Å². The molecule has 2 aromatic rings. The molecule has 3 rings (SSSR count). The van der Waals surface area contributed by atoms with Crippen molar-refractivity contribution in [3.05, 3.63) is 53.6 Å². The van der Waals surface area contributed by atoms with Crippen molar-refractivity contribution in [2.75, 3.05) is 19.0 Å². The van der Waals surface area contributed by atoms with Gasteiger partial charge in [-0.1, -0.05) is 24.6 Å². The lowest BCUT2D eigenvalue weighted by Gasteiger charge is -2.24. The second-order valence-corrected chi connectivity index (χ2v) is 7.31. The summed E-state index contributed by atoms with van der Waals surface area (Å²) >= 11 is 0. The van der Waals surface area contributed by atoms with E-state index in [0.717, 1.165) is 36.1 Å². The van der Waals surface area contributed by atoms with Crippen molar-refractivity contribution in [2.24, 2.45) is 5.92 Å². The number of hydrogen-bond donors (Lipinski definition) is 2. The number of carbonyl (C=O) groups is 1. The SMILES string of the molecule is COc1cc(CNCc2cccc(NC(=O)C3CCC3)c2)ccc1OCC(F)(F)F. The lowest BCUT2D eigenvalue weighted by Crippen LogP contribution is -2.28.